The summed E-state index contributed by atoms with van der Waals surface area (Å²) in [6.45, 7) is 7.80. The van der Waals surface area contributed by atoms with Gasteiger partial charge in [-0.25, -0.2) is 0 Å². The molecule has 1 heterocycles. The highest BCUT2D eigenvalue weighted by molar-refractivity contribution is 4.75. The Balaban J connectivity index is 0.000000561. The second-order valence-electron chi connectivity index (χ2n) is 3.04. The quantitative estimate of drug-likeness (QED) is 0.582. The molecule has 2 N–H and O–H groups in total. The molecule has 74 valence electrons. The van der Waals surface area contributed by atoms with Gasteiger partial charge in [0.2, 0.25) is 0 Å². The molecule has 0 bridgehead atoms. The molecule has 0 amide bonds. The van der Waals surface area contributed by atoms with Crippen molar-refractivity contribution in [1.82, 2.24) is 0 Å². The summed E-state index contributed by atoms with van der Waals surface area (Å²) < 4.78 is 4.97. The molecule has 1 saturated heterocycles. The predicted molar refractivity (Wildman–Crippen MR) is 47.7 cm³/mol. The van der Waals surface area contributed by atoms with Gasteiger partial charge < -0.3 is 14.9 Å². The number of ether oxygens (including phenoxy) is 1. The van der Waals surface area contributed by atoms with Crippen molar-refractivity contribution in [2.24, 2.45) is 5.92 Å². The molecule has 0 aromatic carbocycles. The van der Waals surface area contributed by atoms with Gasteiger partial charge in [0.05, 0.1) is 6.10 Å². The van der Waals surface area contributed by atoms with Crippen LogP contribution < -0.4 is 0 Å². The molecule has 0 spiro atoms. The van der Waals surface area contributed by atoms with Crippen molar-refractivity contribution in [2.75, 3.05) is 0 Å². The fourth-order valence-electron chi connectivity index (χ4n) is 1.32. The Morgan fingerprint density at radius 2 is 1.67 bits per heavy atom. The number of hydrogen-bond acceptors (Lipinski definition) is 3. The molecule has 1 aliphatic heterocycles. The van der Waals surface area contributed by atoms with Crippen LogP contribution in [0.15, 0.2) is 0 Å². The first-order valence-corrected chi connectivity index (χ1v) is 4.63. The first-order valence-electron chi connectivity index (χ1n) is 4.63. The highest BCUT2D eigenvalue weighted by Crippen LogP contribution is 2.23. The molecule has 1 rings (SSSR count). The molecule has 12 heavy (non-hydrogen) atoms. The van der Waals surface area contributed by atoms with E-state index in [9.17, 15) is 5.11 Å². The third-order valence-corrected chi connectivity index (χ3v) is 1.95. The summed E-state index contributed by atoms with van der Waals surface area (Å²) in [6, 6.07) is 0. The molecule has 1 fully saturated rings. The van der Waals surface area contributed by atoms with E-state index in [1.165, 1.54) is 0 Å². The molecule has 3 nitrogen and oxygen atoms in total. The maximum Gasteiger partial charge on any atom is 0.181 e. The molecule has 0 aromatic heterocycles. The lowest BCUT2D eigenvalue weighted by atomic mass is 9.95. The van der Waals surface area contributed by atoms with E-state index in [1.807, 2.05) is 27.7 Å². The van der Waals surface area contributed by atoms with Crippen molar-refractivity contribution >= 4 is 0 Å². The van der Waals surface area contributed by atoms with Gasteiger partial charge >= 0.3 is 0 Å². The van der Waals surface area contributed by atoms with Crippen LogP contribution in [0.4, 0.5) is 0 Å². The maximum absolute atomic E-state index is 9.19. The summed E-state index contributed by atoms with van der Waals surface area (Å²) in [6.07, 6.45) is -0.818. The van der Waals surface area contributed by atoms with Crippen LogP contribution in [-0.4, -0.2) is 28.7 Å². The third kappa shape index (κ3) is 3.09. The van der Waals surface area contributed by atoms with E-state index in [1.54, 1.807) is 0 Å². The molecule has 3 unspecified atom stereocenters. The Kier molecular flexibility index (Phi) is 5.46. The van der Waals surface area contributed by atoms with Gasteiger partial charge in [-0.1, -0.05) is 20.8 Å². The van der Waals surface area contributed by atoms with E-state index < -0.39 is 12.4 Å². The van der Waals surface area contributed by atoms with Crippen LogP contribution in [0.5, 0.6) is 0 Å². The van der Waals surface area contributed by atoms with E-state index >= 15 is 0 Å². The normalized spacial score (nSPS) is 41.5. The van der Waals surface area contributed by atoms with Crippen LogP contribution in [-0.2, 0) is 4.74 Å². The van der Waals surface area contributed by atoms with Crippen LogP contribution in [0.1, 0.15) is 34.1 Å². The molecule has 0 radical (unpaired) electrons. The van der Waals surface area contributed by atoms with Gasteiger partial charge in [0, 0.05) is 0 Å². The van der Waals surface area contributed by atoms with Crippen molar-refractivity contribution in [3.05, 3.63) is 0 Å². The second kappa shape index (κ2) is 5.51. The van der Waals surface area contributed by atoms with Crippen molar-refractivity contribution in [3.63, 3.8) is 0 Å². The smallest absolute Gasteiger partial charge is 0.181 e. The summed E-state index contributed by atoms with van der Waals surface area (Å²) in [5.41, 5.74) is 0. The Labute approximate surface area is 74.4 Å². The Hall–Kier alpha value is -0.120. The number of aliphatic hydroxyl groups excluding tert-OH is 2. The first-order chi connectivity index (χ1) is 5.61. The lowest BCUT2D eigenvalue weighted by Gasteiger charge is -2.33. The van der Waals surface area contributed by atoms with Crippen molar-refractivity contribution in [3.8, 4) is 0 Å². The summed E-state index contributed by atoms with van der Waals surface area (Å²) in [7, 11) is 0. The minimum Gasteiger partial charge on any atom is -0.388 e. The Morgan fingerprint density at radius 1 is 1.17 bits per heavy atom. The van der Waals surface area contributed by atoms with Crippen molar-refractivity contribution in [2.45, 2.75) is 52.6 Å². The van der Waals surface area contributed by atoms with E-state index in [-0.39, 0.29) is 12.0 Å². The van der Waals surface area contributed by atoms with E-state index in [4.69, 9.17) is 9.84 Å². The highest BCUT2D eigenvalue weighted by atomic mass is 16.6. The molecule has 0 aromatic rings. The average molecular weight is 176 g/mol. The zero-order valence-electron chi connectivity index (χ0n) is 8.32. The van der Waals surface area contributed by atoms with Gasteiger partial charge in [-0.2, -0.15) is 0 Å². The minimum atomic E-state index is -0.987. The topological polar surface area (TPSA) is 49.7 Å². The summed E-state index contributed by atoms with van der Waals surface area (Å²) in [5, 5.41) is 18.2. The summed E-state index contributed by atoms with van der Waals surface area (Å²) in [4.78, 5) is 0. The predicted octanol–water partition coefficient (Wildman–Crippen LogP) is 1.14. The van der Waals surface area contributed by atoms with Gasteiger partial charge in [-0.15, -0.1) is 0 Å². The lowest BCUT2D eigenvalue weighted by molar-refractivity contribution is -0.227. The van der Waals surface area contributed by atoms with Crippen LogP contribution in [0.25, 0.3) is 0 Å². The van der Waals surface area contributed by atoms with Crippen LogP contribution in [0, 0.1) is 5.92 Å². The second-order valence-corrected chi connectivity index (χ2v) is 3.04. The van der Waals surface area contributed by atoms with E-state index in [0.29, 0.717) is 0 Å². The number of hydrogen-bond donors (Lipinski definition) is 2. The maximum atomic E-state index is 9.19. The molecule has 3 heteroatoms. The van der Waals surface area contributed by atoms with Crippen LogP contribution in [0.2, 0.25) is 0 Å². The standard InChI is InChI=1S/C7H14O3.C2H6/c1-4-3-5(2)10-7(9)6(4)8;1-2/h4-9H,3H2,1-2H3;1-2H3/t4?,5?,6-,7?;/m1./s1. The highest BCUT2D eigenvalue weighted by Gasteiger charge is 2.31. The average Bonchev–Trinajstić information content (AvgIpc) is 2.04. The largest absolute Gasteiger partial charge is 0.388 e. The van der Waals surface area contributed by atoms with Crippen LogP contribution >= 0.6 is 0 Å². The number of aliphatic hydroxyl groups is 2. The minimum absolute atomic E-state index is 0.0633. The number of rotatable bonds is 0. The van der Waals surface area contributed by atoms with E-state index in [0.717, 1.165) is 6.42 Å². The monoisotopic (exact) mass is 176 g/mol. The molecular weight excluding hydrogens is 156 g/mol. The summed E-state index contributed by atoms with van der Waals surface area (Å²) >= 11 is 0. The van der Waals surface area contributed by atoms with Gasteiger partial charge in [0.1, 0.15) is 6.10 Å². The van der Waals surface area contributed by atoms with Gasteiger partial charge in [-0.3, -0.25) is 0 Å². The molecule has 4 atom stereocenters. The van der Waals surface area contributed by atoms with Crippen molar-refractivity contribution in [1.29, 1.82) is 0 Å². The Bertz CT molecular complexity index is 104. The lowest BCUT2D eigenvalue weighted by Crippen LogP contribution is -2.42. The van der Waals surface area contributed by atoms with Crippen LogP contribution in [0.3, 0.4) is 0 Å². The molecule has 0 aliphatic carbocycles. The zero-order valence-corrected chi connectivity index (χ0v) is 8.32. The fraction of sp³-hybridized carbons (Fsp3) is 1.00. The van der Waals surface area contributed by atoms with E-state index in [2.05, 4.69) is 0 Å². The van der Waals surface area contributed by atoms with Crippen molar-refractivity contribution < 1.29 is 14.9 Å². The first kappa shape index (κ1) is 11.9. The van der Waals surface area contributed by atoms with Gasteiger partial charge in [-0.05, 0) is 19.3 Å². The fourth-order valence-corrected chi connectivity index (χ4v) is 1.32. The molecule has 0 saturated carbocycles. The van der Waals surface area contributed by atoms with Gasteiger partial charge in [0.15, 0.2) is 6.29 Å². The molecule has 1 aliphatic rings. The summed E-state index contributed by atoms with van der Waals surface area (Å²) in [5.74, 6) is 0.138. The van der Waals surface area contributed by atoms with Gasteiger partial charge in [0.25, 0.3) is 0 Å². The molecular formula is C9H20O3. The third-order valence-electron chi connectivity index (χ3n) is 1.95. The zero-order chi connectivity index (χ0) is 9.72. The Morgan fingerprint density at radius 3 is 2.08 bits per heavy atom. The SMILES string of the molecule is CC.CC1CC(C)[C@@H](O)C(O)O1.